The van der Waals surface area contributed by atoms with Gasteiger partial charge in [-0.25, -0.2) is 4.68 Å². The molecule has 4 nitrogen and oxygen atoms in total. The quantitative estimate of drug-likeness (QED) is 0.923. The molecule has 0 spiro atoms. The molecule has 0 fully saturated rings. The number of amides is 1. The molecule has 1 aromatic heterocycles. The first-order valence-corrected chi connectivity index (χ1v) is 8.69. The predicted octanol–water partition coefficient (Wildman–Crippen LogP) is 3.97. The van der Waals surface area contributed by atoms with Gasteiger partial charge in [-0.1, -0.05) is 37.6 Å². The highest BCUT2D eigenvalue weighted by Gasteiger charge is 2.28. The molecule has 6 heteroatoms. The van der Waals surface area contributed by atoms with Crippen LogP contribution in [0.25, 0.3) is 0 Å². The zero-order valence-corrected chi connectivity index (χ0v) is 14.1. The standard InChI is InChI=1S/C16H18ClN3OS/c1-10(2)15-13-7-18-20(16(13)19-14(21)9-22-15)8-11-3-5-12(17)6-4-11/h3-7,10,15H,8-9H2,1-2H3,(H,19,21)/t15-/m1/s1. The maximum absolute atomic E-state index is 12.0. The van der Waals surface area contributed by atoms with Crippen LogP contribution in [0.3, 0.4) is 0 Å². The number of anilines is 1. The number of hydrogen-bond acceptors (Lipinski definition) is 3. The maximum Gasteiger partial charge on any atom is 0.235 e. The summed E-state index contributed by atoms with van der Waals surface area (Å²) in [6, 6.07) is 7.68. The number of nitrogens with zero attached hydrogens (tertiary/aromatic N) is 2. The molecule has 0 saturated carbocycles. The molecule has 0 bridgehead atoms. The van der Waals surface area contributed by atoms with E-state index < -0.39 is 0 Å². The summed E-state index contributed by atoms with van der Waals surface area (Å²) in [6.07, 6.45) is 1.88. The third kappa shape index (κ3) is 3.15. The molecule has 1 atom stereocenters. The predicted molar refractivity (Wildman–Crippen MR) is 91.4 cm³/mol. The number of thioether (sulfide) groups is 1. The van der Waals surface area contributed by atoms with Crippen LogP contribution in [0.5, 0.6) is 0 Å². The highest BCUT2D eigenvalue weighted by Crippen LogP contribution is 2.41. The summed E-state index contributed by atoms with van der Waals surface area (Å²) in [5.41, 5.74) is 2.21. The fourth-order valence-electron chi connectivity index (χ4n) is 2.60. The van der Waals surface area contributed by atoms with Crippen LogP contribution in [0, 0.1) is 5.92 Å². The molecule has 0 radical (unpaired) electrons. The molecule has 22 heavy (non-hydrogen) atoms. The smallest absolute Gasteiger partial charge is 0.235 e. The Morgan fingerprint density at radius 1 is 1.41 bits per heavy atom. The van der Waals surface area contributed by atoms with Gasteiger partial charge in [-0.15, -0.1) is 11.8 Å². The van der Waals surface area contributed by atoms with Gasteiger partial charge in [-0.3, -0.25) is 4.79 Å². The summed E-state index contributed by atoms with van der Waals surface area (Å²) in [4.78, 5) is 12.0. The zero-order chi connectivity index (χ0) is 15.7. The Morgan fingerprint density at radius 2 is 2.14 bits per heavy atom. The van der Waals surface area contributed by atoms with E-state index in [0.717, 1.165) is 16.9 Å². The number of nitrogens with one attached hydrogen (secondary N) is 1. The molecule has 1 aliphatic heterocycles. The number of rotatable bonds is 3. The third-order valence-corrected chi connectivity index (χ3v) is 5.52. The Morgan fingerprint density at radius 3 is 2.82 bits per heavy atom. The Balaban J connectivity index is 1.93. The fraction of sp³-hybridized carbons (Fsp3) is 0.375. The average molecular weight is 336 g/mol. The van der Waals surface area contributed by atoms with Crippen LogP contribution >= 0.6 is 23.4 Å². The Bertz CT molecular complexity index is 681. The number of carbonyl (C=O) groups excluding carboxylic acids is 1. The monoisotopic (exact) mass is 335 g/mol. The lowest BCUT2D eigenvalue weighted by Crippen LogP contribution is -2.16. The summed E-state index contributed by atoms with van der Waals surface area (Å²) in [5.74, 6) is 1.79. The largest absolute Gasteiger partial charge is 0.310 e. The van der Waals surface area contributed by atoms with Crippen LogP contribution in [0.15, 0.2) is 30.5 Å². The molecular formula is C16H18ClN3OS. The lowest BCUT2D eigenvalue weighted by molar-refractivity contribution is -0.113. The molecule has 116 valence electrons. The minimum absolute atomic E-state index is 0.0345. The highest BCUT2D eigenvalue weighted by molar-refractivity contribution is 8.00. The van der Waals surface area contributed by atoms with Crippen molar-refractivity contribution in [3.8, 4) is 0 Å². The van der Waals surface area contributed by atoms with Crippen LogP contribution in [0.4, 0.5) is 5.82 Å². The van der Waals surface area contributed by atoms with Crippen molar-refractivity contribution >= 4 is 35.1 Å². The van der Waals surface area contributed by atoms with Gasteiger partial charge >= 0.3 is 0 Å². The van der Waals surface area contributed by atoms with Gasteiger partial charge in [0.15, 0.2) is 0 Å². The summed E-state index contributed by atoms with van der Waals surface area (Å²) in [5, 5.41) is 8.48. The van der Waals surface area contributed by atoms with E-state index in [-0.39, 0.29) is 11.2 Å². The number of benzene rings is 1. The van der Waals surface area contributed by atoms with Crippen molar-refractivity contribution in [2.24, 2.45) is 5.92 Å². The molecule has 1 amide bonds. The van der Waals surface area contributed by atoms with Gasteiger partial charge in [-0.05, 0) is 23.6 Å². The SMILES string of the molecule is CC(C)[C@H]1SCC(=O)Nc2c1cnn2Cc1ccc(Cl)cc1. The van der Waals surface area contributed by atoms with Crippen molar-refractivity contribution in [1.29, 1.82) is 0 Å². The molecule has 0 unspecified atom stereocenters. The summed E-state index contributed by atoms with van der Waals surface area (Å²) in [7, 11) is 0. The van der Waals surface area contributed by atoms with Crippen LogP contribution in [0.1, 0.15) is 30.2 Å². The van der Waals surface area contributed by atoms with E-state index in [1.54, 1.807) is 11.8 Å². The topological polar surface area (TPSA) is 46.9 Å². The second-order valence-corrected chi connectivity index (χ2v) is 7.32. The van der Waals surface area contributed by atoms with Gasteiger partial charge in [0.1, 0.15) is 5.82 Å². The van der Waals surface area contributed by atoms with E-state index >= 15 is 0 Å². The number of fused-ring (bicyclic) bond motifs is 1. The average Bonchev–Trinajstić information content (AvgIpc) is 2.75. The first kappa shape index (κ1) is 15.4. The van der Waals surface area contributed by atoms with E-state index in [9.17, 15) is 4.79 Å². The van der Waals surface area contributed by atoms with Gasteiger partial charge in [0.25, 0.3) is 0 Å². The molecular weight excluding hydrogens is 318 g/mol. The number of halogens is 1. The molecule has 2 aromatic rings. The normalized spacial score (nSPS) is 18.0. The number of aromatic nitrogens is 2. The second-order valence-electron chi connectivity index (χ2n) is 5.76. The van der Waals surface area contributed by atoms with Crippen molar-refractivity contribution in [3.05, 3.63) is 46.6 Å². The first-order chi connectivity index (χ1) is 10.5. The Hall–Kier alpha value is -1.46. The summed E-state index contributed by atoms with van der Waals surface area (Å²) >= 11 is 7.60. The zero-order valence-electron chi connectivity index (χ0n) is 12.5. The van der Waals surface area contributed by atoms with Crippen LogP contribution in [-0.2, 0) is 11.3 Å². The number of carbonyl (C=O) groups is 1. The van der Waals surface area contributed by atoms with Crippen molar-refractivity contribution in [3.63, 3.8) is 0 Å². The van der Waals surface area contributed by atoms with Gasteiger partial charge in [0.2, 0.25) is 5.91 Å². The molecule has 0 saturated heterocycles. The molecule has 1 aliphatic rings. The van der Waals surface area contributed by atoms with Crippen molar-refractivity contribution in [2.45, 2.75) is 25.6 Å². The number of hydrogen-bond donors (Lipinski definition) is 1. The minimum Gasteiger partial charge on any atom is -0.310 e. The van der Waals surface area contributed by atoms with Crippen LogP contribution in [-0.4, -0.2) is 21.4 Å². The van der Waals surface area contributed by atoms with Crippen molar-refractivity contribution < 1.29 is 4.79 Å². The van der Waals surface area contributed by atoms with Crippen LogP contribution in [0.2, 0.25) is 5.02 Å². The molecule has 1 aromatic carbocycles. The van der Waals surface area contributed by atoms with E-state index in [2.05, 4.69) is 24.3 Å². The summed E-state index contributed by atoms with van der Waals surface area (Å²) < 4.78 is 1.86. The second kappa shape index (κ2) is 6.34. The lowest BCUT2D eigenvalue weighted by atomic mass is 10.0. The Kier molecular flexibility index (Phi) is 4.45. The van der Waals surface area contributed by atoms with Crippen molar-refractivity contribution in [2.75, 3.05) is 11.1 Å². The van der Waals surface area contributed by atoms with E-state index in [1.807, 2.05) is 35.1 Å². The van der Waals surface area contributed by atoms with Gasteiger partial charge < -0.3 is 5.32 Å². The van der Waals surface area contributed by atoms with E-state index in [4.69, 9.17) is 11.6 Å². The van der Waals surface area contributed by atoms with Gasteiger partial charge in [-0.2, -0.15) is 5.10 Å². The van der Waals surface area contributed by atoms with Crippen LogP contribution < -0.4 is 5.32 Å². The maximum atomic E-state index is 12.0. The Labute approximate surface area is 139 Å². The van der Waals surface area contributed by atoms with Gasteiger partial charge in [0, 0.05) is 15.8 Å². The van der Waals surface area contributed by atoms with Crippen molar-refractivity contribution in [1.82, 2.24) is 9.78 Å². The first-order valence-electron chi connectivity index (χ1n) is 7.26. The summed E-state index contributed by atoms with van der Waals surface area (Å²) in [6.45, 7) is 4.96. The minimum atomic E-state index is 0.0345. The highest BCUT2D eigenvalue weighted by atomic mass is 35.5. The molecule has 1 N–H and O–H groups in total. The van der Waals surface area contributed by atoms with E-state index in [1.165, 1.54) is 0 Å². The molecule has 3 rings (SSSR count). The third-order valence-electron chi connectivity index (χ3n) is 3.68. The lowest BCUT2D eigenvalue weighted by Gasteiger charge is -2.17. The van der Waals surface area contributed by atoms with Gasteiger partial charge in [0.05, 0.1) is 18.5 Å². The molecule has 2 heterocycles. The molecule has 0 aliphatic carbocycles. The van der Waals surface area contributed by atoms with E-state index in [0.29, 0.717) is 23.2 Å². The fourth-order valence-corrected chi connectivity index (χ4v) is 3.87.